The van der Waals surface area contributed by atoms with Gasteiger partial charge in [0.25, 0.3) is 0 Å². The van der Waals surface area contributed by atoms with E-state index >= 15 is 0 Å². The number of piperazine rings is 1. The molecule has 2 heterocycles. The molecule has 3 aromatic rings. The number of nitrogens with zero attached hydrogens (tertiary/aromatic N) is 4. The number of guanidine groups is 1. The third kappa shape index (κ3) is 7.34. The van der Waals surface area contributed by atoms with Crippen LogP contribution in [0, 0.1) is 0 Å². The standard InChI is InChI=1S/C25H28N6O2.HI/c26-25(29-20-7-6-10-22(19-20)33-21-8-2-1-3-9-21)28-14-12-24(32)31-17-15-30(16-18-31)23-11-4-5-13-27-23;/h1-11,13,19H,12,14-18H2,(H3,26,28,29);1H. The summed E-state index contributed by atoms with van der Waals surface area (Å²) in [6, 6.07) is 22.9. The molecule has 8 nitrogen and oxygen atoms in total. The molecule has 1 amide bonds. The predicted molar refractivity (Wildman–Crippen MR) is 146 cm³/mol. The number of amides is 1. The van der Waals surface area contributed by atoms with Gasteiger partial charge in [-0.2, -0.15) is 0 Å². The summed E-state index contributed by atoms with van der Waals surface area (Å²) in [7, 11) is 0. The third-order valence-corrected chi connectivity index (χ3v) is 5.30. The van der Waals surface area contributed by atoms with Crippen LogP contribution in [0.4, 0.5) is 11.5 Å². The Kier molecular flexibility index (Phi) is 9.51. The molecule has 0 bridgehead atoms. The van der Waals surface area contributed by atoms with Crippen molar-refractivity contribution >= 4 is 47.3 Å². The highest BCUT2D eigenvalue weighted by molar-refractivity contribution is 14.0. The van der Waals surface area contributed by atoms with E-state index in [1.165, 1.54) is 0 Å². The fourth-order valence-corrected chi connectivity index (χ4v) is 3.61. The molecule has 178 valence electrons. The number of carbonyl (C=O) groups is 1. The lowest BCUT2D eigenvalue weighted by Crippen LogP contribution is -2.49. The number of halogens is 1. The lowest BCUT2D eigenvalue weighted by atomic mass is 10.2. The molecule has 0 aliphatic carbocycles. The van der Waals surface area contributed by atoms with E-state index in [0.717, 1.165) is 30.3 Å². The number of carbonyl (C=O) groups excluding carboxylic acids is 1. The number of nitrogens with one attached hydrogen (secondary N) is 1. The van der Waals surface area contributed by atoms with Crippen LogP contribution >= 0.6 is 24.0 Å². The van der Waals surface area contributed by atoms with Crippen molar-refractivity contribution in [3.05, 3.63) is 79.0 Å². The van der Waals surface area contributed by atoms with E-state index in [9.17, 15) is 4.79 Å². The molecule has 9 heteroatoms. The molecule has 1 aliphatic heterocycles. The van der Waals surface area contributed by atoms with Crippen LogP contribution in [0.15, 0.2) is 84.0 Å². The Bertz CT molecular complexity index is 1070. The van der Waals surface area contributed by atoms with Crippen molar-refractivity contribution in [2.45, 2.75) is 6.42 Å². The van der Waals surface area contributed by atoms with E-state index in [1.807, 2.05) is 77.7 Å². The number of hydrogen-bond acceptors (Lipinski definition) is 5. The topological polar surface area (TPSA) is 96.1 Å². The van der Waals surface area contributed by atoms with Gasteiger partial charge in [-0.3, -0.25) is 9.79 Å². The molecule has 3 N–H and O–H groups in total. The summed E-state index contributed by atoms with van der Waals surface area (Å²) in [5, 5.41) is 3.05. The molecule has 0 unspecified atom stereocenters. The number of rotatable bonds is 7. The molecule has 2 aromatic carbocycles. The first-order valence-electron chi connectivity index (χ1n) is 11.0. The largest absolute Gasteiger partial charge is 0.457 e. The maximum Gasteiger partial charge on any atom is 0.224 e. The summed E-state index contributed by atoms with van der Waals surface area (Å²) in [6.07, 6.45) is 2.11. The Morgan fingerprint density at radius 3 is 2.44 bits per heavy atom. The van der Waals surface area contributed by atoms with Crippen LogP contribution in [0.5, 0.6) is 11.5 Å². The fraction of sp³-hybridized carbons (Fsp3) is 0.240. The molecule has 0 atom stereocenters. The zero-order chi connectivity index (χ0) is 22.9. The van der Waals surface area contributed by atoms with E-state index in [4.69, 9.17) is 10.5 Å². The highest BCUT2D eigenvalue weighted by atomic mass is 127. The van der Waals surface area contributed by atoms with Crippen molar-refractivity contribution in [1.29, 1.82) is 0 Å². The fourth-order valence-electron chi connectivity index (χ4n) is 3.61. The summed E-state index contributed by atoms with van der Waals surface area (Å²) >= 11 is 0. The number of benzene rings is 2. The Morgan fingerprint density at radius 2 is 1.71 bits per heavy atom. The molecule has 0 saturated carbocycles. The molecule has 0 radical (unpaired) electrons. The lowest BCUT2D eigenvalue weighted by molar-refractivity contribution is -0.131. The molecule has 1 saturated heterocycles. The molecule has 0 spiro atoms. The summed E-state index contributed by atoms with van der Waals surface area (Å²) in [6.45, 7) is 3.24. The third-order valence-electron chi connectivity index (χ3n) is 5.30. The average molecular weight is 572 g/mol. The van der Waals surface area contributed by atoms with E-state index in [0.29, 0.717) is 31.8 Å². The van der Waals surface area contributed by atoms with Crippen molar-refractivity contribution in [1.82, 2.24) is 9.88 Å². The van der Waals surface area contributed by atoms with Gasteiger partial charge in [0.05, 0.1) is 6.54 Å². The second-order valence-corrected chi connectivity index (χ2v) is 7.64. The molecular formula is C25H29IN6O2. The van der Waals surface area contributed by atoms with Gasteiger partial charge < -0.3 is 25.6 Å². The molecular weight excluding hydrogens is 543 g/mol. The first kappa shape index (κ1) is 25.3. The normalized spacial score (nSPS) is 13.7. The summed E-state index contributed by atoms with van der Waals surface area (Å²) < 4.78 is 5.84. The van der Waals surface area contributed by atoms with Crippen LogP contribution in [0.3, 0.4) is 0 Å². The number of aromatic nitrogens is 1. The highest BCUT2D eigenvalue weighted by Gasteiger charge is 2.21. The molecule has 34 heavy (non-hydrogen) atoms. The maximum atomic E-state index is 12.5. The summed E-state index contributed by atoms with van der Waals surface area (Å²) in [4.78, 5) is 25.3. The van der Waals surface area contributed by atoms with Gasteiger partial charge in [0, 0.05) is 50.6 Å². The van der Waals surface area contributed by atoms with Gasteiger partial charge in [-0.1, -0.05) is 30.3 Å². The monoisotopic (exact) mass is 572 g/mol. The average Bonchev–Trinajstić information content (AvgIpc) is 2.85. The molecule has 1 fully saturated rings. The lowest BCUT2D eigenvalue weighted by Gasteiger charge is -2.35. The van der Waals surface area contributed by atoms with Crippen LogP contribution in [0.1, 0.15) is 6.42 Å². The van der Waals surface area contributed by atoms with E-state index in [2.05, 4.69) is 20.2 Å². The van der Waals surface area contributed by atoms with E-state index in [1.54, 1.807) is 6.20 Å². The van der Waals surface area contributed by atoms with Crippen LogP contribution in [0.2, 0.25) is 0 Å². The number of hydrogen-bond donors (Lipinski definition) is 2. The van der Waals surface area contributed by atoms with E-state index < -0.39 is 0 Å². The Balaban J connectivity index is 0.00000324. The van der Waals surface area contributed by atoms with E-state index in [-0.39, 0.29) is 35.8 Å². The SMILES string of the molecule is I.NC(=NCCC(=O)N1CCN(c2ccccn2)CC1)Nc1cccc(Oc2ccccc2)c1. The first-order valence-corrected chi connectivity index (χ1v) is 11.0. The second-order valence-electron chi connectivity index (χ2n) is 7.64. The van der Waals surface area contributed by atoms with Crippen molar-refractivity contribution < 1.29 is 9.53 Å². The zero-order valence-corrected chi connectivity index (χ0v) is 21.2. The Labute approximate surface area is 216 Å². The van der Waals surface area contributed by atoms with Crippen LogP contribution in [-0.2, 0) is 4.79 Å². The van der Waals surface area contributed by atoms with Crippen LogP contribution in [-0.4, -0.2) is 54.5 Å². The van der Waals surface area contributed by atoms with Crippen molar-refractivity contribution in [3.8, 4) is 11.5 Å². The van der Waals surface area contributed by atoms with Crippen LogP contribution in [0.25, 0.3) is 0 Å². The van der Waals surface area contributed by atoms with Gasteiger partial charge >= 0.3 is 0 Å². The predicted octanol–water partition coefficient (Wildman–Crippen LogP) is 3.96. The summed E-state index contributed by atoms with van der Waals surface area (Å²) in [5.74, 6) is 2.76. The number of ether oxygens (including phenoxy) is 1. The summed E-state index contributed by atoms with van der Waals surface area (Å²) in [5.41, 5.74) is 6.78. The van der Waals surface area contributed by atoms with Crippen molar-refractivity contribution in [3.63, 3.8) is 0 Å². The molecule has 1 aromatic heterocycles. The molecule has 4 rings (SSSR count). The smallest absolute Gasteiger partial charge is 0.224 e. The second kappa shape index (κ2) is 12.8. The quantitative estimate of drug-likeness (QED) is 0.253. The van der Waals surface area contributed by atoms with Gasteiger partial charge in [0.1, 0.15) is 17.3 Å². The number of para-hydroxylation sites is 1. The number of pyridine rings is 1. The van der Waals surface area contributed by atoms with Crippen molar-refractivity contribution in [2.24, 2.45) is 10.7 Å². The highest BCUT2D eigenvalue weighted by Crippen LogP contribution is 2.23. The van der Waals surface area contributed by atoms with Gasteiger partial charge in [-0.05, 0) is 36.4 Å². The van der Waals surface area contributed by atoms with Crippen LogP contribution < -0.4 is 20.7 Å². The number of aliphatic imine (C=N–C) groups is 1. The van der Waals surface area contributed by atoms with Gasteiger partial charge in [0.2, 0.25) is 5.91 Å². The van der Waals surface area contributed by atoms with Gasteiger partial charge in [0.15, 0.2) is 5.96 Å². The minimum Gasteiger partial charge on any atom is -0.457 e. The molecule has 1 aliphatic rings. The number of nitrogens with two attached hydrogens (primary N) is 1. The Morgan fingerprint density at radius 1 is 0.971 bits per heavy atom. The van der Waals surface area contributed by atoms with Crippen molar-refractivity contribution in [2.75, 3.05) is 42.9 Å². The number of anilines is 2. The first-order chi connectivity index (χ1) is 16.2. The van der Waals surface area contributed by atoms with Gasteiger partial charge in [-0.15, -0.1) is 24.0 Å². The Hall–Kier alpha value is -3.34. The maximum absolute atomic E-state index is 12.5. The minimum atomic E-state index is 0. The van der Waals surface area contributed by atoms with Gasteiger partial charge in [-0.25, -0.2) is 4.98 Å². The zero-order valence-electron chi connectivity index (χ0n) is 18.8. The minimum absolute atomic E-state index is 0.